The SMILES string of the molecule is C[C@H]1C(Oc2ccc3c(C(F)(F)F)cc(=O)oc3c2)O[C@H](CO)[C@H]1O[Si](C)(C)C(C)(C)C. The predicted octanol–water partition coefficient (Wildman–Crippen LogP) is 4.93. The van der Waals surface area contributed by atoms with E-state index in [-0.39, 0.29) is 34.3 Å². The fourth-order valence-corrected chi connectivity index (χ4v) is 4.83. The normalized spacial score (nSPS) is 24.8. The monoisotopic (exact) mass is 474 g/mol. The summed E-state index contributed by atoms with van der Waals surface area (Å²) in [5.74, 6) is -0.0769. The largest absolute Gasteiger partial charge is 0.464 e. The average molecular weight is 475 g/mol. The van der Waals surface area contributed by atoms with E-state index in [1.807, 2.05) is 6.92 Å². The Balaban J connectivity index is 1.86. The van der Waals surface area contributed by atoms with Crippen LogP contribution >= 0.6 is 0 Å². The van der Waals surface area contributed by atoms with E-state index in [0.717, 1.165) is 0 Å². The minimum atomic E-state index is -4.69. The molecule has 1 N–H and O–H groups in total. The molecule has 1 unspecified atom stereocenters. The van der Waals surface area contributed by atoms with Gasteiger partial charge in [0.05, 0.1) is 18.3 Å². The van der Waals surface area contributed by atoms with Crippen LogP contribution in [0.15, 0.2) is 33.5 Å². The third kappa shape index (κ3) is 4.88. The third-order valence-electron chi connectivity index (χ3n) is 6.31. The van der Waals surface area contributed by atoms with Gasteiger partial charge in [0.2, 0.25) is 6.29 Å². The number of rotatable bonds is 5. The Kier molecular flexibility index (Phi) is 6.56. The van der Waals surface area contributed by atoms with Crippen LogP contribution in [0.4, 0.5) is 13.2 Å². The van der Waals surface area contributed by atoms with E-state index in [2.05, 4.69) is 33.9 Å². The van der Waals surface area contributed by atoms with Crippen LogP contribution in [-0.2, 0) is 15.3 Å². The van der Waals surface area contributed by atoms with Gasteiger partial charge in [0.15, 0.2) is 8.32 Å². The third-order valence-corrected chi connectivity index (χ3v) is 10.8. The van der Waals surface area contributed by atoms with Crippen molar-refractivity contribution in [1.29, 1.82) is 0 Å². The molecule has 1 aromatic carbocycles. The number of benzene rings is 1. The van der Waals surface area contributed by atoms with Crippen LogP contribution in [0.5, 0.6) is 5.75 Å². The van der Waals surface area contributed by atoms with Gasteiger partial charge >= 0.3 is 11.8 Å². The lowest BCUT2D eigenvalue weighted by atomic mass is 10.0. The van der Waals surface area contributed by atoms with Gasteiger partial charge in [0.1, 0.15) is 17.4 Å². The highest BCUT2D eigenvalue weighted by Crippen LogP contribution is 2.42. The van der Waals surface area contributed by atoms with Crippen LogP contribution in [-0.4, -0.2) is 38.5 Å². The van der Waals surface area contributed by atoms with Crippen molar-refractivity contribution in [3.8, 4) is 5.75 Å². The minimum absolute atomic E-state index is 0.0439. The summed E-state index contributed by atoms with van der Waals surface area (Å²) in [6.45, 7) is 12.2. The van der Waals surface area contributed by atoms with Gasteiger partial charge in [0, 0.05) is 23.4 Å². The first-order valence-corrected chi connectivity index (χ1v) is 13.3. The zero-order chi connectivity index (χ0) is 24.1. The number of fused-ring (bicyclic) bond motifs is 1. The molecule has 0 aliphatic carbocycles. The first-order chi connectivity index (χ1) is 14.6. The minimum Gasteiger partial charge on any atom is -0.464 e. The smallest absolute Gasteiger partial charge is 0.417 e. The molecule has 178 valence electrons. The molecule has 32 heavy (non-hydrogen) atoms. The van der Waals surface area contributed by atoms with E-state index in [1.54, 1.807) is 0 Å². The fraction of sp³-hybridized carbons (Fsp3) is 0.591. The van der Waals surface area contributed by atoms with Crippen molar-refractivity contribution < 1.29 is 36.6 Å². The fourth-order valence-electron chi connectivity index (χ4n) is 3.43. The van der Waals surface area contributed by atoms with E-state index >= 15 is 0 Å². The summed E-state index contributed by atoms with van der Waals surface area (Å²) in [6, 6.07) is 4.23. The summed E-state index contributed by atoms with van der Waals surface area (Å²) >= 11 is 0. The number of alkyl halides is 3. The maximum absolute atomic E-state index is 13.3. The quantitative estimate of drug-likeness (QED) is 0.489. The van der Waals surface area contributed by atoms with E-state index in [9.17, 15) is 23.1 Å². The van der Waals surface area contributed by atoms with Gasteiger partial charge in [-0.1, -0.05) is 27.7 Å². The van der Waals surface area contributed by atoms with Crippen molar-refractivity contribution in [2.45, 2.75) is 70.5 Å². The zero-order valence-corrected chi connectivity index (χ0v) is 19.9. The number of ether oxygens (including phenoxy) is 2. The Bertz CT molecular complexity index is 1030. The van der Waals surface area contributed by atoms with Crippen LogP contribution in [0.25, 0.3) is 11.0 Å². The first-order valence-electron chi connectivity index (χ1n) is 10.4. The van der Waals surface area contributed by atoms with Gasteiger partial charge in [-0.2, -0.15) is 13.2 Å². The van der Waals surface area contributed by atoms with Crippen molar-refractivity contribution >= 4 is 19.3 Å². The topological polar surface area (TPSA) is 78.1 Å². The van der Waals surface area contributed by atoms with Crippen molar-refractivity contribution in [3.05, 3.63) is 40.2 Å². The molecule has 0 radical (unpaired) electrons. The van der Waals surface area contributed by atoms with Crippen molar-refractivity contribution in [1.82, 2.24) is 0 Å². The van der Waals surface area contributed by atoms with Crippen molar-refractivity contribution in [3.63, 3.8) is 0 Å². The lowest BCUT2D eigenvalue weighted by molar-refractivity contribution is -0.136. The molecule has 4 atom stereocenters. The molecule has 0 amide bonds. The van der Waals surface area contributed by atoms with Crippen LogP contribution in [0.1, 0.15) is 33.3 Å². The molecular weight excluding hydrogens is 445 g/mol. The highest BCUT2D eigenvalue weighted by Gasteiger charge is 2.49. The molecule has 1 fully saturated rings. The number of halogens is 3. The molecule has 1 aliphatic heterocycles. The molecular formula is C22H29F3O6Si. The summed E-state index contributed by atoms with van der Waals surface area (Å²) in [4.78, 5) is 11.6. The Hall–Kier alpha value is -1.88. The second kappa shape index (κ2) is 8.47. The standard InChI is InChI=1S/C22H29F3O6Si/c1-12-19(31-32(5,6)21(2,3)4)17(11-26)30-20(12)28-13-7-8-14-15(22(23,24)25)10-18(27)29-16(14)9-13/h7-10,12,17,19-20,26H,11H2,1-6H3/t12-,17-,19+,20?/m1/s1. The van der Waals surface area contributed by atoms with Gasteiger partial charge in [0.25, 0.3) is 0 Å². The maximum atomic E-state index is 13.3. The molecule has 2 aromatic rings. The first kappa shape index (κ1) is 24.8. The van der Waals surface area contributed by atoms with Crippen LogP contribution in [0, 0.1) is 5.92 Å². The molecule has 6 nitrogen and oxygen atoms in total. The Morgan fingerprint density at radius 3 is 2.38 bits per heavy atom. The predicted molar refractivity (Wildman–Crippen MR) is 115 cm³/mol. The summed E-state index contributed by atoms with van der Waals surface area (Å²) < 4.78 is 62.9. The summed E-state index contributed by atoms with van der Waals surface area (Å²) in [7, 11) is -2.16. The van der Waals surface area contributed by atoms with Gasteiger partial charge < -0.3 is 23.4 Å². The Morgan fingerprint density at radius 2 is 1.81 bits per heavy atom. The van der Waals surface area contributed by atoms with Crippen LogP contribution in [0.3, 0.4) is 0 Å². The summed E-state index contributed by atoms with van der Waals surface area (Å²) in [5.41, 5.74) is -2.40. The molecule has 0 bridgehead atoms. The molecule has 1 aliphatic rings. The zero-order valence-electron chi connectivity index (χ0n) is 18.9. The number of aliphatic hydroxyl groups excluding tert-OH is 1. The number of hydrogen-bond donors (Lipinski definition) is 1. The van der Waals surface area contributed by atoms with E-state index < -0.39 is 44.2 Å². The van der Waals surface area contributed by atoms with Crippen LogP contribution < -0.4 is 10.4 Å². The molecule has 0 saturated carbocycles. The van der Waals surface area contributed by atoms with Crippen molar-refractivity contribution in [2.24, 2.45) is 5.92 Å². The van der Waals surface area contributed by atoms with E-state index in [4.69, 9.17) is 18.3 Å². The molecule has 0 spiro atoms. The lowest BCUT2D eigenvalue weighted by Crippen LogP contribution is -2.48. The summed E-state index contributed by atoms with van der Waals surface area (Å²) in [6.07, 6.45) is -6.49. The Labute approximate surface area is 185 Å². The second-order valence-corrected chi connectivity index (χ2v) is 14.4. The highest BCUT2D eigenvalue weighted by atomic mass is 28.4. The van der Waals surface area contributed by atoms with Gasteiger partial charge in [-0.05, 0) is 30.3 Å². The van der Waals surface area contributed by atoms with Gasteiger partial charge in [-0.3, -0.25) is 0 Å². The maximum Gasteiger partial charge on any atom is 0.417 e. The molecule has 2 heterocycles. The highest BCUT2D eigenvalue weighted by molar-refractivity contribution is 6.74. The van der Waals surface area contributed by atoms with E-state index in [0.29, 0.717) is 6.07 Å². The molecule has 1 aromatic heterocycles. The lowest BCUT2D eigenvalue weighted by Gasteiger charge is -2.40. The summed E-state index contributed by atoms with van der Waals surface area (Å²) in [5, 5.41) is 9.53. The van der Waals surface area contributed by atoms with Crippen LogP contribution in [0.2, 0.25) is 18.1 Å². The average Bonchev–Trinajstić information content (AvgIpc) is 2.94. The molecule has 10 heteroatoms. The van der Waals surface area contributed by atoms with E-state index in [1.165, 1.54) is 18.2 Å². The Morgan fingerprint density at radius 1 is 1.16 bits per heavy atom. The van der Waals surface area contributed by atoms with Gasteiger partial charge in [-0.15, -0.1) is 0 Å². The number of hydrogen-bond acceptors (Lipinski definition) is 6. The molecule has 3 rings (SSSR count). The number of aliphatic hydroxyl groups is 1. The van der Waals surface area contributed by atoms with Gasteiger partial charge in [-0.25, -0.2) is 4.79 Å². The van der Waals surface area contributed by atoms with Crippen molar-refractivity contribution in [2.75, 3.05) is 6.61 Å². The second-order valence-electron chi connectivity index (χ2n) is 9.68. The molecule has 1 saturated heterocycles.